The molecular formula is C23H32N2O3. The molecule has 1 aliphatic heterocycles. The Labute approximate surface area is 167 Å². The van der Waals surface area contributed by atoms with Crippen molar-refractivity contribution in [2.75, 3.05) is 0 Å². The molecule has 0 amide bonds. The number of ether oxygens (including phenoxy) is 1. The molecule has 1 unspecified atom stereocenters. The SMILES string of the molecule is CCCn1cccc1C(=O)c1c(CC)cc2n1CCCCC2C(=O)OC(C)C. The van der Waals surface area contributed by atoms with E-state index in [0.717, 1.165) is 67.8 Å². The van der Waals surface area contributed by atoms with Crippen LogP contribution in [-0.4, -0.2) is 27.0 Å². The monoisotopic (exact) mass is 384 g/mol. The van der Waals surface area contributed by atoms with Gasteiger partial charge in [-0.2, -0.15) is 0 Å². The highest BCUT2D eigenvalue weighted by Gasteiger charge is 2.32. The molecule has 2 aromatic rings. The molecule has 1 atom stereocenters. The first-order valence-corrected chi connectivity index (χ1v) is 10.6. The van der Waals surface area contributed by atoms with Gasteiger partial charge in [0.2, 0.25) is 5.78 Å². The summed E-state index contributed by atoms with van der Waals surface area (Å²) >= 11 is 0. The van der Waals surface area contributed by atoms with Crippen molar-refractivity contribution in [1.29, 1.82) is 0 Å². The Morgan fingerprint density at radius 2 is 2.04 bits per heavy atom. The van der Waals surface area contributed by atoms with E-state index in [4.69, 9.17) is 4.74 Å². The Bertz CT molecular complexity index is 844. The van der Waals surface area contributed by atoms with Crippen LogP contribution in [0.1, 0.15) is 86.7 Å². The van der Waals surface area contributed by atoms with Gasteiger partial charge in [-0.05, 0) is 63.3 Å². The first-order chi connectivity index (χ1) is 13.5. The van der Waals surface area contributed by atoms with Crippen LogP contribution < -0.4 is 0 Å². The van der Waals surface area contributed by atoms with Crippen LogP contribution in [0.2, 0.25) is 0 Å². The smallest absolute Gasteiger partial charge is 0.315 e. The Balaban J connectivity index is 2.05. The molecule has 0 saturated carbocycles. The molecule has 0 spiro atoms. The summed E-state index contributed by atoms with van der Waals surface area (Å²) in [4.78, 5) is 26.3. The van der Waals surface area contributed by atoms with Crippen molar-refractivity contribution < 1.29 is 14.3 Å². The number of rotatable bonds is 7. The maximum absolute atomic E-state index is 13.5. The third-order valence-corrected chi connectivity index (χ3v) is 5.45. The lowest BCUT2D eigenvalue weighted by atomic mass is 9.99. The van der Waals surface area contributed by atoms with Gasteiger partial charge in [0.15, 0.2) is 0 Å². The molecule has 0 fully saturated rings. The van der Waals surface area contributed by atoms with Crippen molar-refractivity contribution in [3.63, 3.8) is 0 Å². The molecule has 5 nitrogen and oxygen atoms in total. The number of nitrogens with zero attached hydrogens (tertiary/aromatic N) is 2. The summed E-state index contributed by atoms with van der Waals surface area (Å²) in [5.41, 5.74) is 3.44. The van der Waals surface area contributed by atoms with Gasteiger partial charge in [0.05, 0.1) is 23.4 Å². The van der Waals surface area contributed by atoms with Gasteiger partial charge in [0.25, 0.3) is 0 Å². The number of aryl methyl sites for hydroxylation is 2. The van der Waals surface area contributed by atoms with Crippen LogP contribution in [0.5, 0.6) is 0 Å². The second kappa shape index (κ2) is 8.80. The summed E-state index contributed by atoms with van der Waals surface area (Å²) in [7, 11) is 0. The molecule has 5 heteroatoms. The van der Waals surface area contributed by atoms with Crippen molar-refractivity contribution in [2.24, 2.45) is 0 Å². The van der Waals surface area contributed by atoms with Crippen molar-refractivity contribution in [3.05, 3.63) is 47.0 Å². The molecular weight excluding hydrogens is 352 g/mol. The van der Waals surface area contributed by atoms with E-state index in [1.165, 1.54) is 0 Å². The van der Waals surface area contributed by atoms with E-state index in [1.807, 2.05) is 36.7 Å². The fourth-order valence-electron chi connectivity index (χ4n) is 4.19. The fraction of sp³-hybridized carbons (Fsp3) is 0.565. The summed E-state index contributed by atoms with van der Waals surface area (Å²) in [6.45, 7) is 9.53. The number of esters is 1. The lowest BCUT2D eigenvalue weighted by Crippen LogP contribution is -2.22. The Kier molecular flexibility index (Phi) is 6.42. The molecule has 0 saturated heterocycles. The Morgan fingerprint density at radius 1 is 1.25 bits per heavy atom. The molecule has 28 heavy (non-hydrogen) atoms. The molecule has 3 heterocycles. The van der Waals surface area contributed by atoms with Crippen molar-refractivity contribution >= 4 is 11.8 Å². The number of aromatic nitrogens is 2. The average molecular weight is 385 g/mol. The molecule has 0 N–H and O–H groups in total. The maximum Gasteiger partial charge on any atom is 0.315 e. The molecule has 0 aliphatic carbocycles. The van der Waals surface area contributed by atoms with Crippen LogP contribution in [-0.2, 0) is 29.0 Å². The predicted molar refractivity (Wildman–Crippen MR) is 110 cm³/mol. The van der Waals surface area contributed by atoms with Crippen molar-refractivity contribution in [3.8, 4) is 0 Å². The van der Waals surface area contributed by atoms with E-state index in [9.17, 15) is 9.59 Å². The molecule has 2 aromatic heterocycles. The van der Waals surface area contributed by atoms with Crippen molar-refractivity contribution in [1.82, 2.24) is 9.13 Å². The van der Waals surface area contributed by atoms with E-state index >= 15 is 0 Å². The van der Waals surface area contributed by atoms with Crippen LogP contribution in [0.15, 0.2) is 24.4 Å². The highest BCUT2D eigenvalue weighted by Crippen LogP contribution is 2.33. The molecule has 0 bridgehead atoms. The topological polar surface area (TPSA) is 53.2 Å². The van der Waals surface area contributed by atoms with Crippen LogP contribution in [0.4, 0.5) is 0 Å². The van der Waals surface area contributed by atoms with Gasteiger partial charge < -0.3 is 13.9 Å². The zero-order valence-corrected chi connectivity index (χ0v) is 17.5. The summed E-state index contributed by atoms with van der Waals surface area (Å²) in [5, 5.41) is 0. The summed E-state index contributed by atoms with van der Waals surface area (Å²) in [5.74, 6) is -0.412. The quantitative estimate of drug-likeness (QED) is 0.513. The third kappa shape index (κ3) is 3.94. The number of hydrogen-bond acceptors (Lipinski definition) is 3. The normalized spacial score (nSPS) is 16.7. The molecule has 1 aliphatic rings. The Hall–Kier alpha value is -2.30. The standard InChI is InChI=1S/C23H32N2O3/c1-5-12-24-13-9-11-19(24)22(26)21-17(6-2)15-20-18(23(27)28-16(3)4)10-7-8-14-25(20)21/h9,11,13,15-16,18H,5-8,10,12,14H2,1-4H3. The number of hydrogen-bond donors (Lipinski definition) is 0. The van der Waals surface area contributed by atoms with E-state index in [-0.39, 0.29) is 23.8 Å². The van der Waals surface area contributed by atoms with Crippen LogP contribution >= 0.6 is 0 Å². The summed E-state index contributed by atoms with van der Waals surface area (Å²) < 4.78 is 9.66. The summed E-state index contributed by atoms with van der Waals surface area (Å²) in [6.07, 6.45) is 6.28. The van der Waals surface area contributed by atoms with Gasteiger partial charge in [-0.3, -0.25) is 9.59 Å². The summed E-state index contributed by atoms with van der Waals surface area (Å²) in [6, 6.07) is 5.90. The van der Waals surface area contributed by atoms with Gasteiger partial charge in [-0.1, -0.05) is 20.3 Å². The lowest BCUT2D eigenvalue weighted by Gasteiger charge is -2.18. The minimum Gasteiger partial charge on any atom is -0.462 e. The largest absolute Gasteiger partial charge is 0.462 e. The molecule has 0 radical (unpaired) electrons. The number of fused-ring (bicyclic) bond motifs is 1. The maximum atomic E-state index is 13.5. The first-order valence-electron chi connectivity index (χ1n) is 10.6. The Morgan fingerprint density at radius 3 is 2.71 bits per heavy atom. The third-order valence-electron chi connectivity index (χ3n) is 5.45. The fourth-order valence-corrected chi connectivity index (χ4v) is 4.19. The molecule has 152 valence electrons. The predicted octanol–water partition coefficient (Wildman–Crippen LogP) is 4.71. The average Bonchev–Trinajstić information content (AvgIpc) is 3.20. The second-order valence-electron chi connectivity index (χ2n) is 7.90. The van der Waals surface area contributed by atoms with Gasteiger partial charge in [0.1, 0.15) is 0 Å². The van der Waals surface area contributed by atoms with Crippen LogP contribution in [0.25, 0.3) is 0 Å². The zero-order valence-electron chi connectivity index (χ0n) is 17.5. The number of carbonyl (C=O) groups excluding carboxylic acids is 2. The van der Waals surface area contributed by atoms with E-state index in [2.05, 4.69) is 24.5 Å². The van der Waals surface area contributed by atoms with Gasteiger partial charge in [-0.25, -0.2) is 0 Å². The van der Waals surface area contributed by atoms with Gasteiger partial charge >= 0.3 is 5.97 Å². The van der Waals surface area contributed by atoms with Crippen LogP contribution in [0, 0.1) is 0 Å². The lowest BCUT2D eigenvalue weighted by molar-refractivity contribution is -0.149. The van der Waals surface area contributed by atoms with Crippen molar-refractivity contribution in [2.45, 2.75) is 84.9 Å². The van der Waals surface area contributed by atoms with E-state index < -0.39 is 0 Å². The zero-order chi connectivity index (χ0) is 20.3. The first kappa shape index (κ1) is 20.4. The highest BCUT2D eigenvalue weighted by atomic mass is 16.5. The minimum atomic E-state index is -0.292. The second-order valence-corrected chi connectivity index (χ2v) is 7.90. The van der Waals surface area contributed by atoms with E-state index in [1.54, 1.807) is 0 Å². The van der Waals surface area contributed by atoms with E-state index in [0.29, 0.717) is 0 Å². The van der Waals surface area contributed by atoms with Crippen LogP contribution in [0.3, 0.4) is 0 Å². The molecule has 0 aromatic carbocycles. The molecule has 3 rings (SSSR count). The number of carbonyl (C=O) groups is 2. The number of ketones is 1. The van der Waals surface area contributed by atoms with Gasteiger partial charge in [-0.15, -0.1) is 0 Å². The highest BCUT2D eigenvalue weighted by molar-refractivity contribution is 6.08. The minimum absolute atomic E-state index is 0.0550. The van der Waals surface area contributed by atoms with Gasteiger partial charge in [0, 0.05) is 25.0 Å².